The number of halogens is 1. The van der Waals surface area contributed by atoms with Crippen molar-refractivity contribution < 1.29 is 24.2 Å². The van der Waals surface area contributed by atoms with Crippen LogP contribution >= 0.6 is 23.4 Å². The highest BCUT2D eigenvalue weighted by atomic mass is 35.5. The molecule has 4 rings (SSSR count). The summed E-state index contributed by atoms with van der Waals surface area (Å²) >= 11 is 8.14. The van der Waals surface area contributed by atoms with E-state index >= 15 is 0 Å². The second kappa shape index (κ2) is 13.1. The molecule has 1 aromatic rings. The van der Waals surface area contributed by atoms with Crippen LogP contribution in [0.15, 0.2) is 49.6 Å². The number of thioether (sulfide) groups is 1. The van der Waals surface area contributed by atoms with Gasteiger partial charge >= 0.3 is 5.97 Å². The van der Waals surface area contributed by atoms with Gasteiger partial charge in [-0.05, 0) is 50.2 Å². The van der Waals surface area contributed by atoms with Crippen molar-refractivity contribution in [3.8, 4) is 0 Å². The summed E-state index contributed by atoms with van der Waals surface area (Å²) in [6.45, 7) is 11.8. The Hall–Kier alpha value is -2.29. The number of hydrogen-bond acceptors (Lipinski definition) is 6. The molecule has 1 N–H and O–H groups in total. The highest BCUT2D eigenvalue weighted by Crippen LogP contribution is 2.67. The molecule has 3 fully saturated rings. The zero-order valence-electron chi connectivity index (χ0n) is 23.5. The van der Waals surface area contributed by atoms with Gasteiger partial charge in [0.05, 0.1) is 46.5 Å². The minimum Gasteiger partial charge on any atom is -0.465 e. The second-order valence-electron chi connectivity index (χ2n) is 11.1. The Bertz CT molecular complexity index is 1130. The molecule has 3 heterocycles. The van der Waals surface area contributed by atoms with Crippen LogP contribution < -0.4 is 4.90 Å². The van der Waals surface area contributed by atoms with E-state index < -0.39 is 28.7 Å². The maximum Gasteiger partial charge on any atom is 0.310 e. The molecule has 9 heteroatoms. The van der Waals surface area contributed by atoms with E-state index in [-0.39, 0.29) is 42.1 Å². The highest BCUT2D eigenvalue weighted by molar-refractivity contribution is 8.02. The van der Waals surface area contributed by atoms with E-state index in [0.717, 1.165) is 32.1 Å². The number of allylic oxidation sites excluding steroid dienone is 1. The normalized spacial score (nSPS) is 28.2. The first kappa shape index (κ1) is 30.7. The van der Waals surface area contributed by atoms with Crippen LogP contribution in [0.4, 0.5) is 5.69 Å². The summed E-state index contributed by atoms with van der Waals surface area (Å²) in [5.74, 6) is -2.21. The molecule has 3 aliphatic rings. The first-order valence-electron chi connectivity index (χ1n) is 14.3. The van der Waals surface area contributed by atoms with Crippen LogP contribution in [0.2, 0.25) is 5.02 Å². The maximum absolute atomic E-state index is 14.7. The fraction of sp³-hybridized carbons (Fsp3) is 0.581. The van der Waals surface area contributed by atoms with E-state index in [1.54, 1.807) is 45.8 Å². The molecule has 3 saturated heterocycles. The minimum atomic E-state index is -0.854. The van der Waals surface area contributed by atoms with Crippen molar-refractivity contribution in [2.45, 2.75) is 74.5 Å². The van der Waals surface area contributed by atoms with Crippen molar-refractivity contribution in [1.82, 2.24) is 4.90 Å². The van der Waals surface area contributed by atoms with Crippen LogP contribution in [0, 0.1) is 17.8 Å². The standard InChI is InChI=1S/C31H41ClN2O5S/c1-5-8-9-12-18-39-30(38)25-24-15-16-31(40-24)26(25)28(36)34(23(19-35)20(4)7-3)27(31)29(37)33(17-6-2)22-14-11-10-13-21(22)32/h5-6,10-11,13-14,20,23-27,35H,1-2,7-9,12,15-19H2,3-4H3/t20-,23-,24-,25+,26-,27?,31?/m0/s1. The van der Waals surface area contributed by atoms with Gasteiger partial charge in [0, 0.05) is 11.8 Å². The van der Waals surface area contributed by atoms with Crippen LogP contribution in [-0.2, 0) is 19.1 Å². The summed E-state index contributed by atoms with van der Waals surface area (Å²) < 4.78 is 4.92. The number of aliphatic hydroxyl groups is 1. The van der Waals surface area contributed by atoms with E-state index in [0.29, 0.717) is 23.7 Å². The number of ether oxygens (including phenoxy) is 1. The quantitative estimate of drug-likeness (QED) is 0.181. The highest BCUT2D eigenvalue weighted by Gasteiger charge is 2.75. The fourth-order valence-electron chi connectivity index (χ4n) is 6.72. The van der Waals surface area contributed by atoms with Crippen molar-refractivity contribution in [1.29, 1.82) is 0 Å². The van der Waals surface area contributed by atoms with Crippen molar-refractivity contribution in [2.24, 2.45) is 17.8 Å². The molecule has 7 nitrogen and oxygen atoms in total. The Labute approximate surface area is 246 Å². The zero-order chi connectivity index (χ0) is 29.0. The molecule has 1 spiro atoms. The number of amides is 2. The molecule has 7 atom stereocenters. The number of benzene rings is 1. The number of nitrogens with zero attached hydrogens (tertiary/aromatic N) is 2. The van der Waals surface area contributed by atoms with Gasteiger partial charge in [0.25, 0.3) is 5.91 Å². The lowest BCUT2D eigenvalue weighted by Gasteiger charge is -2.41. The Morgan fingerprint density at radius 3 is 2.70 bits per heavy atom. The number of unbranched alkanes of at least 4 members (excludes halogenated alkanes) is 2. The summed E-state index contributed by atoms with van der Waals surface area (Å²) in [5.41, 5.74) is 0.540. The molecule has 0 aromatic heterocycles. The summed E-state index contributed by atoms with van der Waals surface area (Å²) in [6, 6.07) is 5.71. The summed E-state index contributed by atoms with van der Waals surface area (Å²) in [5, 5.41) is 10.9. The van der Waals surface area contributed by atoms with Gasteiger partial charge in [-0.2, -0.15) is 0 Å². The van der Waals surface area contributed by atoms with Crippen molar-refractivity contribution in [3.63, 3.8) is 0 Å². The molecule has 3 aliphatic heterocycles. The number of hydrogen-bond donors (Lipinski definition) is 1. The molecule has 2 bridgehead atoms. The number of esters is 1. The third-order valence-electron chi connectivity index (χ3n) is 8.86. The summed E-state index contributed by atoms with van der Waals surface area (Å²) in [4.78, 5) is 45.7. The minimum absolute atomic E-state index is 0.0508. The summed E-state index contributed by atoms with van der Waals surface area (Å²) in [6.07, 6.45) is 8.03. The number of carbonyl (C=O) groups excluding carboxylic acids is 3. The molecule has 0 aliphatic carbocycles. The van der Waals surface area contributed by atoms with Gasteiger partial charge in [0.1, 0.15) is 6.04 Å². The van der Waals surface area contributed by atoms with Gasteiger partial charge in [0.15, 0.2) is 0 Å². The molecular formula is C31H41ClN2O5S. The average Bonchev–Trinajstić information content (AvgIpc) is 3.59. The molecule has 0 radical (unpaired) electrons. The van der Waals surface area contributed by atoms with Gasteiger partial charge in [-0.25, -0.2) is 0 Å². The first-order valence-corrected chi connectivity index (χ1v) is 15.6. The molecule has 2 amide bonds. The van der Waals surface area contributed by atoms with Gasteiger partial charge in [0.2, 0.25) is 5.91 Å². The van der Waals surface area contributed by atoms with Gasteiger partial charge < -0.3 is 19.6 Å². The number of aliphatic hydroxyl groups excluding tert-OH is 1. The molecule has 1 aromatic carbocycles. The fourth-order valence-corrected chi connectivity index (χ4v) is 9.15. The topological polar surface area (TPSA) is 87.2 Å². The van der Waals surface area contributed by atoms with E-state index in [2.05, 4.69) is 13.2 Å². The largest absolute Gasteiger partial charge is 0.465 e. The maximum atomic E-state index is 14.7. The Balaban J connectivity index is 1.74. The van der Waals surface area contributed by atoms with E-state index in [9.17, 15) is 19.5 Å². The number of fused-ring (bicyclic) bond motifs is 1. The number of anilines is 1. The Kier molecular flexibility index (Phi) is 10.1. The van der Waals surface area contributed by atoms with E-state index in [1.165, 1.54) is 0 Å². The third-order valence-corrected chi connectivity index (χ3v) is 11.1. The lowest BCUT2D eigenvalue weighted by molar-refractivity contribution is -0.155. The molecule has 0 saturated carbocycles. The van der Waals surface area contributed by atoms with Crippen LogP contribution in [-0.4, -0.2) is 69.6 Å². The Morgan fingerprint density at radius 2 is 2.05 bits per heavy atom. The van der Waals surface area contributed by atoms with Gasteiger partial charge in [-0.15, -0.1) is 24.9 Å². The molecule has 2 unspecified atom stereocenters. The lowest BCUT2D eigenvalue weighted by Crippen LogP contribution is -2.58. The Morgan fingerprint density at radius 1 is 1.30 bits per heavy atom. The smallest absolute Gasteiger partial charge is 0.310 e. The molecule has 40 heavy (non-hydrogen) atoms. The summed E-state index contributed by atoms with van der Waals surface area (Å²) in [7, 11) is 0. The number of carbonyl (C=O) groups is 3. The van der Waals surface area contributed by atoms with Gasteiger partial charge in [-0.3, -0.25) is 14.4 Å². The number of rotatable bonds is 14. The van der Waals surface area contributed by atoms with E-state index in [1.807, 2.05) is 26.0 Å². The third kappa shape index (κ3) is 5.35. The second-order valence-corrected chi connectivity index (χ2v) is 13.1. The lowest BCUT2D eigenvalue weighted by atomic mass is 9.71. The monoisotopic (exact) mass is 588 g/mol. The number of para-hydroxylation sites is 1. The zero-order valence-corrected chi connectivity index (χ0v) is 25.0. The van der Waals surface area contributed by atoms with Gasteiger partial charge in [-0.1, -0.05) is 56.2 Å². The van der Waals surface area contributed by atoms with Crippen LogP contribution in [0.25, 0.3) is 0 Å². The molecular weight excluding hydrogens is 548 g/mol. The number of likely N-dealkylation sites (tertiary alicyclic amines) is 1. The van der Waals surface area contributed by atoms with Crippen LogP contribution in [0.3, 0.4) is 0 Å². The molecule has 218 valence electrons. The predicted molar refractivity (Wildman–Crippen MR) is 160 cm³/mol. The predicted octanol–water partition coefficient (Wildman–Crippen LogP) is 5.26. The first-order chi connectivity index (χ1) is 19.3. The van der Waals surface area contributed by atoms with Crippen molar-refractivity contribution in [2.75, 3.05) is 24.7 Å². The van der Waals surface area contributed by atoms with Crippen LogP contribution in [0.5, 0.6) is 0 Å². The average molecular weight is 589 g/mol. The van der Waals surface area contributed by atoms with Crippen molar-refractivity contribution in [3.05, 3.63) is 54.6 Å². The van der Waals surface area contributed by atoms with E-state index in [4.69, 9.17) is 16.3 Å². The van der Waals surface area contributed by atoms with Crippen LogP contribution in [0.1, 0.15) is 52.4 Å². The SMILES string of the molecule is C=CCCCCOC(=O)[C@@H]1[C@@H]2CCC3(S2)C(C(=O)N(CC=C)c2ccccc2Cl)N([C@@H](CO)[C@@H](C)CC)C(=O)[C@H]13. The van der Waals surface area contributed by atoms with Crippen molar-refractivity contribution >= 4 is 46.8 Å².